The Kier molecular flexibility index (Phi) is 4.48. The highest BCUT2D eigenvalue weighted by Gasteiger charge is 2.52. The van der Waals surface area contributed by atoms with Crippen molar-refractivity contribution in [3.8, 4) is 5.75 Å². The maximum Gasteiger partial charge on any atom is 0.225 e. The number of aromatic nitrogens is 1. The molecule has 1 saturated heterocycles. The molecule has 1 aromatic heterocycles. The Hall–Kier alpha value is -1.82. The first kappa shape index (κ1) is 18.9. The Morgan fingerprint density at radius 1 is 1.20 bits per heavy atom. The van der Waals surface area contributed by atoms with Crippen molar-refractivity contribution >= 4 is 32.6 Å². The van der Waals surface area contributed by atoms with Crippen molar-refractivity contribution in [2.75, 3.05) is 25.1 Å². The number of hydrogen-bond acceptors (Lipinski definition) is 5. The highest BCUT2D eigenvalue weighted by molar-refractivity contribution is 7.22. The van der Waals surface area contributed by atoms with Gasteiger partial charge in [0.25, 0.3) is 0 Å². The Morgan fingerprint density at radius 3 is 2.63 bits per heavy atom. The molecule has 1 unspecified atom stereocenters. The van der Waals surface area contributed by atoms with Crippen molar-refractivity contribution in [3.63, 3.8) is 0 Å². The van der Waals surface area contributed by atoms with Gasteiger partial charge < -0.3 is 15.0 Å². The minimum Gasteiger partial charge on any atom is -0.497 e. The van der Waals surface area contributed by atoms with E-state index in [9.17, 15) is 4.79 Å². The molecule has 1 amide bonds. The zero-order valence-corrected chi connectivity index (χ0v) is 18.5. The van der Waals surface area contributed by atoms with Crippen LogP contribution in [0.5, 0.6) is 5.75 Å². The maximum atomic E-state index is 13.3. The van der Waals surface area contributed by atoms with E-state index in [0.29, 0.717) is 5.91 Å². The van der Waals surface area contributed by atoms with Gasteiger partial charge in [0.1, 0.15) is 5.75 Å². The molecule has 5 nitrogen and oxygen atoms in total. The largest absolute Gasteiger partial charge is 0.497 e. The van der Waals surface area contributed by atoms with Gasteiger partial charge in [-0.1, -0.05) is 11.3 Å². The zero-order valence-electron chi connectivity index (χ0n) is 17.7. The van der Waals surface area contributed by atoms with Crippen LogP contribution in [0.15, 0.2) is 18.2 Å². The number of anilines is 1. The molecule has 5 aliphatic rings. The van der Waals surface area contributed by atoms with Crippen molar-refractivity contribution < 1.29 is 9.53 Å². The summed E-state index contributed by atoms with van der Waals surface area (Å²) in [5, 5.41) is 4.64. The topological polar surface area (TPSA) is 54.5 Å². The predicted molar refractivity (Wildman–Crippen MR) is 120 cm³/mol. The molecule has 7 rings (SSSR count). The van der Waals surface area contributed by atoms with E-state index in [1.165, 1.54) is 38.5 Å². The number of rotatable bonds is 4. The zero-order chi connectivity index (χ0) is 20.3. The third-order valence-corrected chi connectivity index (χ3v) is 9.15. The van der Waals surface area contributed by atoms with Crippen LogP contribution in [-0.4, -0.2) is 36.6 Å². The summed E-state index contributed by atoms with van der Waals surface area (Å²) in [5.41, 5.74) is 1.12. The standard InChI is InChI=1S/C24H31N3O2S/c1-29-19-4-5-20-21(10-19)30-23(25-20)27-6-2-3-18(14-27)22(28)26-24-11-15-7-16(12-24)9-17(8-15)13-24/h4-5,10,15-18H,2-3,6-9,11-14H2,1H3,(H,26,28). The van der Waals surface area contributed by atoms with Crippen LogP contribution in [0.3, 0.4) is 0 Å². The average Bonchev–Trinajstić information content (AvgIpc) is 3.16. The Bertz CT molecular complexity index is 935. The van der Waals surface area contributed by atoms with Crippen LogP contribution in [-0.2, 0) is 4.79 Å². The Labute approximate surface area is 182 Å². The second-order valence-electron chi connectivity index (χ2n) is 10.3. The average molecular weight is 426 g/mol. The Balaban J connectivity index is 1.16. The second kappa shape index (κ2) is 7.11. The van der Waals surface area contributed by atoms with Gasteiger partial charge in [-0.25, -0.2) is 4.98 Å². The summed E-state index contributed by atoms with van der Waals surface area (Å²) in [7, 11) is 1.70. The number of benzene rings is 1. The number of nitrogens with zero attached hydrogens (tertiary/aromatic N) is 2. The fourth-order valence-corrected chi connectivity index (χ4v) is 8.18. The van der Waals surface area contributed by atoms with Crippen LogP contribution in [0.4, 0.5) is 5.13 Å². The SMILES string of the molecule is COc1ccc2nc(N3CCCC(C(=O)NC45CC6CC(CC(C6)C4)C5)C3)sc2c1. The van der Waals surface area contributed by atoms with E-state index in [2.05, 4.69) is 16.3 Å². The van der Waals surface area contributed by atoms with Gasteiger partial charge in [0, 0.05) is 18.6 Å². The van der Waals surface area contributed by atoms with Crippen LogP contribution in [0.1, 0.15) is 51.4 Å². The van der Waals surface area contributed by atoms with E-state index in [-0.39, 0.29) is 11.5 Å². The lowest BCUT2D eigenvalue weighted by atomic mass is 9.53. The monoisotopic (exact) mass is 425 g/mol. The summed E-state index contributed by atoms with van der Waals surface area (Å²) >= 11 is 1.71. The lowest BCUT2D eigenvalue weighted by Crippen LogP contribution is -2.61. The fraction of sp³-hybridized carbons (Fsp3) is 0.667. The summed E-state index contributed by atoms with van der Waals surface area (Å²) in [5.74, 6) is 3.82. The first-order valence-electron chi connectivity index (χ1n) is 11.6. The molecule has 1 atom stereocenters. The van der Waals surface area contributed by atoms with Gasteiger partial charge in [-0.05, 0) is 87.3 Å². The van der Waals surface area contributed by atoms with Crippen molar-refractivity contribution in [1.82, 2.24) is 10.3 Å². The molecule has 30 heavy (non-hydrogen) atoms. The number of thiazole rings is 1. The molecule has 2 heterocycles. The third-order valence-electron chi connectivity index (χ3n) is 8.07. The molecule has 1 aliphatic heterocycles. The van der Waals surface area contributed by atoms with Gasteiger partial charge in [0.2, 0.25) is 5.91 Å². The molecule has 4 saturated carbocycles. The van der Waals surface area contributed by atoms with Gasteiger partial charge in [-0.3, -0.25) is 4.79 Å². The van der Waals surface area contributed by atoms with Crippen LogP contribution in [0.25, 0.3) is 10.2 Å². The molecule has 4 bridgehead atoms. The van der Waals surface area contributed by atoms with E-state index in [1.807, 2.05) is 12.1 Å². The summed E-state index contributed by atoms with van der Waals surface area (Å²) in [6, 6.07) is 6.04. The van der Waals surface area contributed by atoms with Gasteiger partial charge >= 0.3 is 0 Å². The highest BCUT2D eigenvalue weighted by Crippen LogP contribution is 2.55. The Morgan fingerprint density at radius 2 is 1.93 bits per heavy atom. The number of amides is 1. The normalized spacial score (nSPS) is 35.0. The van der Waals surface area contributed by atoms with E-state index >= 15 is 0 Å². The molecule has 5 fully saturated rings. The summed E-state index contributed by atoms with van der Waals surface area (Å²) in [6.07, 6.45) is 9.95. The molecule has 0 radical (unpaired) electrons. The number of hydrogen-bond donors (Lipinski definition) is 1. The van der Waals surface area contributed by atoms with Crippen molar-refractivity contribution in [1.29, 1.82) is 0 Å². The smallest absolute Gasteiger partial charge is 0.225 e. The van der Waals surface area contributed by atoms with Gasteiger partial charge in [-0.2, -0.15) is 0 Å². The van der Waals surface area contributed by atoms with Gasteiger partial charge in [-0.15, -0.1) is 0 Å². The summed E-state index contributed by atoms with van der Waals surface area (Å²) < 4.78 is 6.50. The number of piperidine rings is 1. The van der Waals surface area contributed by atoms with Crippen LogP contribution in [0, 0.1) is 23.7 Å². The van der Waals surface area contributed by atoms with Crippen LogP contribution >= 0.6 is 11.3 Å². The fourth-order valence-electron chi connectivity index (χ4n) is 7.15. The molecule has 4 aliphatic carbocycles. The van der Waals surface area contributed by atoms with Crippen molar-refractivity contribution in [3.05, 3.63) is 18.2 Å². The maximum absolute atomic E-state index is 13.3. The number of ether oxygens (including phenoxy) is 1. The van der Waals surface area contributed by atoms with E-state index in [4.69, 9.17) is 9.72 Å². The molecular formula is C24H31N3O2S. The predicted octanol–water partition coefficient (Wildman–Crippen LogP) is 4.61. The molecule has 1 aromatic carbocycles. The molecule has 1 N–H and O–H groups in total. The molecule has 160 valence electrons. The first-order chi connectivity index (χ1) is 14.6. The van der Waals surface area contributed by atoms with Crippen molar-refractivity contribution in [2.24, 2.45) is 23.7 Å². The number of fused-ring (bicyclic) bond motifs is 1. The van der Waals surface area contributed by atoms with E-state index < -0.39 is 0 Å². The first-order valence-corrected chi connectivity index (χ1v) is 12.4. The van der Waals surface area contributed by atoms with Crippen molar-refractivity contribution in [2.45, 2.75) is 56.9 Å². The van der Waals surface area contributed by atoms with E-state index in [0.717, 1.165) is 64.8 Å². The molecule has 6 heteroatoms. The summed E-state index contributed by atoms with van der Waals surface area (Å²) in [6.45, 7) is 1.77. The lowest BCUT2D eigenvalue weighted by molar-refractivity contribution is -0.131. The molecule has 2 aromatic rings. The van der Waals surface area contributed by atoms with Gasteiger partial charge in [0.15, 0.2) is 5.13 Å². The number of carbonyl (C=O) groups is 1. The lowest BCUT2D eigenvalue weighted by Gasteiger charge is -2.57. The third kappa shape index (κ3) is 3.28. The molecule has 0 spiro atoms. The quantitative estimate of drug-likeness (QED) is 0.777. The van der Waals surface area contributed by atoms with Crippen LogP contribution in [0.2, 0.25) is 0 Å². The highest BCUT2D eigenvalue weighted by atomic mass is 32.1. The second-order valence-corrected chi connectivity index (χ2v) is 11.3. The van der Waals surface area contributed by atoms with Crippen LogP contribution < -0.4 is 15.0 Å². The number of methoxy groups -OCH3 is 1. The minimum absolute atomic E-state index is 0.0771. The summed E-state index contributed by atoms with van der Waals surface area (Å²) in [4.78, 5) is 20.5. The molecular weight excluding hydrogens is 394 g/mol. The van der Waals surface area contributed by atoms with E-state index in [1.54, 1.807) is 18.4 Å². The minimum atomic E-state index is 0.0771. The van der Waals surface area contributed by atoms with Gasteiger partial charge in [0.05, 0.1) is 23.2 Å². The number of nitrogens with one attached hydrogen (secondary N) is 1. The number of carbonyl (C=O) groups excluding carboxylic acids is 1.